The minimum Gasteiger partial charge on any atom is -0.484 e. The zero-order chi connectivity index (χ0) is 17.5. The van der Waals surface area contributed by atoms with Crippen LogP contribution in [0.5, 0.6) is 5.75 Å². The highest BCUT2D eigenvalue weighted by atomic mass is 16.5. The van der Waals surface area contributed by atoms with Crippen molar-refractivity contribution in [2.45, 2.75) is 13.5 Å². The zero-order valence-electron chi connectivity index (χ0n) is 13.9. The first-order valence-corrected chi connectivity index (χ1v) is 7.97. The van der Waals surface area contributed by atoms with Crippen molar-refractivity contribution in [3.63, 3.8) is 0 Å². The highest BCUT2D eigenvalue weighted by molar-refractivity contribution is 5.77. The fourth-order valence-corrected chi connectivity index (χ4v) is 2.26. The smallest absolute Gasteiger partial charge is 0.258 e. The molecule has 0 atom stereocenters. The van der Waals surface area contributed by atoms with E-state index in [0.717, 1.165) is 5.56 Å². The molecule has 0 bridgehead atoms. The second-order valence-electron chi connectivity index (χ2n) is 5.47. The summed E-state index contributed by atoms with van der Waals surface area (Å²) >= 11 is 0. The number of ether oxygens (including phenoxy) is 1. The van der Waals surface area contributed by atoms with Gasteiger partial charge in [0, 0.05) is 37.9 Å². The van der Waals surface area contributed by atoms with E-state index in [1.807, 2.05) is 42.0 Å². The van der Waals surface area contributed by atoms with Crippen molar-refractivity contribution in [1.82, 2.24) is 24.8 Å². The molecule has 0 spiro atoms. The van der Waals surface area contributed by atoms with Crippen molar-refractivity contribution in [3.8, 4) is 17.4 Å². The van der Waals surface area contributed by atoms with Gasteiger partial charge in [-0.1, -0.05) is 17.7 Å². The number of aromatic nitrogens is 4. The Morgan fingerprint density at radius 2 is 1.88 bits per heavy atom. The SMILES string of the molecule is Cc1ccc(OCC(=O)NCCn2ccnc2-c2ncccn2)cc1. The first-order valence-electron chi connectivity index (χ1n) is 7.97. The Kier molecular flexibility index (Phi) is 5.36. The first-order chi connectivity index (χ1) is 12.2. The Bertz CT molecular complexity index is 815. The highest BCUT2D eigenvalue weighted by Gasteiger charge is 2.08. The monoisotopic (exact) mass is 337 g/mol. The second kappa shape index (κ2) is 8.05. The number of hydrogen-bond donors (Lipinski definition) is 1. The minimum atomic E-state index is -0.168. The second-order valence-corrected chi connectivity index (χ2v) is 5.47. The van der Waals surface area contributed by atoms with E-state index < -0.39 is 0 Å². The van der Waals surface area contributed by atoms with Crippen LogP contribution in [0.4, 0.5) is 0 Å². The number of nitrogens with zero attached hydrogens (tertiary/aromatic N) is 4. The van der Waals surface area contributed by atoms with E-state index in [-0.39, 0.29) is 12.5 Å². The van der Waals surface area contributed by atoms with Crippen LogP contribution in [0, 0.1) is 6.92 Å². The maximum absolute atomic E-state index is 11.9. The van der Waals surface area contributed by atoms with Crippen LogP contribution in [-0.4, -0.2) is 38.6 Å². The minimum absolute atomic E-state index is 0.0123. The molecule has 0 fully saturated rings. The molecule has 0 aliphatic carbocycles. The number of hydrogen-bond acceptors (Lipinski definition) is 5. The van der Waals surface area contributed by atoms with Crippen molar-refractivity contribution in [2.24, 2.45) is 0 Å². The Hall–Kier alpha value is -3.22. The lowest BCUT2D eigenvalue weighted by atomic mass is 10.2. The normalized spacial score (nSPS) is 10.4. The van der Waals surface area contributed by atoms with Gasteiger partial charge in [-0.05, 0) is 25.1 Å². The third-order valence-electron chi connectivity index (χ3n) is 3.55. The molecule has 0 saturated carbocycles. The number of rotatable bonds is 7. The van der Waals surface area contributed by atoms with Crippen molar-refractivity contribution in [2.75, 3.05) is 13.2 Å². The summed E-state index contributed by atoms with van der Waals surface area (Å²) in [7, 11) is 0. The lowest BCUT2D eigenvalue weighted by molar-refractivity contribution is -0.123. The molecule has 1 amide bonds. The van der Waals surface area contributed by atoms with Gasteiger partial charge >= 0.3 is 0 Å². The molecule has 0 saturated heterocycles. The molecule has 1 N–H and O–H groups in total. The lowest BCUT2D eigenvalue weighted by Gasteiger charge is -2.09. The molecule has 2 heterocycles. The number of nitrogens with one attached hydrogen (secondary N) is 1. The zero-order valence-corrected chi connectivity index (χ0v) is 13.9. The van der Waals surface area contributed by atoms with Crippen molar-refractivity contribution in [3.05, 3.63) is 60.7 Å². The molecule has 2 aromatic heterocycles. The highest BCUT2D eigenvalue weighted by Crippen LogP contribution is 2.11. The van der Waals surface area contributed by atoms with Gasteiger partial charge in [-0.2, -0.15) is 0 Å². The molecule has 3 aromatic rings. The summed E-state index contributed by atoms with van der Waals surface area (Å²) in [5.74, 6) is 1.74. The molecule has 7 heteroatoms. The molecule has 128 valence electrons. The molecule has 0 aliphatic heterocycles. The Morgan fingerprint density at radius 3 is 2.64 bits per heavy atom. The molecular weight excluding hydrogens is 318 g/mol. The van der Waals surface area contributed by atoms with Crippen molar-refractivity contribution >= 4 is 5.91 Å². The fraction of sp³-hybridized carbons (Fsp3) is 0.222. The van der Waals surface area contributed by atoms with Crippen LogP contribution in [0.25, 0.3) is 11.6 Å². The van der Waals surface area contributed by atoms with Crippen LogP contribution in [0.1, 0.15) is 5.56 Å². The molecule has 25 heavy (non-hydrogen) atoms. The average Bonchev–Trinajstić information content (AvgIpc) is 3.10. The van der Waals surface area contributed by atoms with Crippen LogP contribution in [0.15, 0.2) is 55.1 Å². The van der Waals surface area contributed by atoms with E-state index in [9.17, 15) is 4.79 Å². The molecule has 7 nitrogen and oxygen atoms in total. The number of imidazole rings is 1. The first kappa shape index (κ1) is 16.6. The molecule has 0 unspecified atom stereocenters. The van der Waals surface area contributed by atoms with Crippen LogP contribution >= 0.6 is 0 Å². The van der Waals surface area contributed by atoms with Gasteiger partial charge < -0.3 is 14.6 Å². The van der Waals surface area contributed by atoms with Gasteiger partial charge in [-0.15, -0.1) is 0 Å². The van der Waals surface area contributed by atoms with Crippen LogP contribution < -0.4 is 10.1 Å². The van der Waals surface area contributed by atoms with Crippen LogP contribution in [0.2, 0.25) is 0 Å². The number of amides is 1. The number of carbonyl (C=O) groups excluding carboxylic acids is 1. The molecule has 0 aliphatic rings. The summed E-state index contributed by atoms with van der Waals surface area (Å²) in [6.07, 6.45) is 6.87. The summed E-state index contributed by atoms with van der Waals surface area (Å²) in [6, 6.07) is 9.34. The lowest BCUT2D eigenvalue weighted by Crippen LogP contribution is -2.31. The molecule has 1 aromatic carbocycles. The molecular formula is C18H19N5O2. The van der Waals surface area contributed by atoms with Crippen molar-refractivity contribution < 1.29 is 9.53 Å². The third kappa shape index (κ3) is 4.63. The summed E-state index contributed by atoms with van der Waals surface area (Å²) in [6.45, 7) is 3.03. The van der Waals surface area contributed by atoms with Crippen LogP contribution in [0.3, 0.4) is 0 Å². The van der Waals surface area contributed by atoms with E-state index in [2.05, 4.69) is 20.3 Å². The summed E-state index contributed by atoms with van der Waals surface area (Å²) < 4.78 is 7.35. The number of benzene rings is 1. The Morgan fingerprint density at radius 1 is 1.12 bits per heavy atom. The van der Waals surface area contributed by atoms with Gasteiger partial charge in [0.1, 0.15) is 5.75 Å². The summed E-state index contributed by atoms with van der Waals surface area (Å²) in [4.78, 5) is 24.5. The predicted molar refractivity (Wildman–Crippen MR) is 92.9 cm³/mol. The average molecular weight is 337 g/mol. The molecule has 3 rings (SSSR count). The van der Waals surface area contributed by atoms with E-state index >= 15 is 0 Å². The quantitative estimate of drug-likeness (QED) is 0.711. The van der Waals surface area contributed by atoms with E-state index in [0.29, 0.717) is 30.5 Å². The Labute approximate surface area is 145 Å². The summed E-state index contributed by atoms with van der Waals surface area (Å²) in [5.41, 5.74) is 1.15. The standard InChI is InChI=1S/C18H19N5O2/c1-14-3-5-15(6-4-14)25-13-16(24)19-9-11-23-12-10-22-18(23)17-20-7-2-8-21-17/h2-8,10,12H,9,11,13H2,1H3,(H,19,24). The maximum Gasteiger partial charge on any atom is 0.258 e. The predicted octanol–water partition coefficient (Wildman–Crippen LogP) is 1.84. The fourth-order valence-electron chi connectivity index (χ4n) is 2.26. The van der Waals surface area contributed by atoms with E-state index in [1.54, 1.807) is 24.7 Å². The van der Waals surface area contributed by atoms with E-state index in [4.69, 9.17) is 4.74 Å². The molecule has 0 radical (unpaired) electrons. The third-order valence-corrected chi connectivity index (χ3v) is 3.55. The van der Waals surface area contributed by atoms with Gasteiger partial charge in [0.2, 0.25) is 0 Å². The maximum atomic E-state index is 11.9. The number of carbonyl (C=O) groups is 1. The largest absolute Gasteiger partial charge is 0.484 e. The van der Waals surface area contributed by atoms with Gasteiger partial charge in [-0.25, -0.2) is 15.0 Å². The van der Waals surface area contributed by atoms with Gasteiger partial charge in [0.25, 0.3) is 5.91 Å². The summed E-state index contributed by atoms with van der Waals surface area (Å²) in [5, 5.41) is 2.83. The van der Waals surface area contributed by atoms with Gasteiger partial charge in [-0.3, -0.25) is 4.79 Å². The Balaban J connectivity index is 1.46. The van der Waals surface area contributed by atoms with E-state index in [1.165, 1.54) is 0 Å². The van der Waals surface area contributed by atoms with Crippen molar-refractivity contribution in [1.29, 1.82) is 0 Å². The van der Waals surface area contributed by atoms with Gasteiger partial charge in [0.05, 0.1) is 0 Å². The number of aryl methyl sites for hydroxylation is 1. The van der Waals surface area contributed by atoms with Gasteiger partial charge in [0.15, 0.2) is 18.3 Å². The topological polar surface area (TPSA) is 81.9 Å². The van der Waals surface area contributed by atoms with Crippen LogP contribution in [-0.2, 0) is 11.3 Å².